The molecule has 0 saturated heterocycles. The number of thioether (sulfide) groups is 1. The van der Waals surface area contributed by atoms with Gasteiger partial charge in [0.25, 0.3) is 0 Å². The number of benzene rings is 8. The third-order valence-corrected chi connectivity index (χ3v) is 12.9. The minimum absolute atomic E-state index is 0.555. The monoisotopic (exact) mass is 720 g/mol. The van der Waals surface area contributed by atoms with Crippen molar-refractivity contribution in [2.75, 3.05) is 0 Å². The average molecular weight is 721 g/mol. The maximum atomic E-state index is 5.25. The Morgan fingerprint density at radius 3 is 1.51 bits per heavy atom. The highest BCUT2D eigenvalue weighted by Crippen LogP contribution is 2.57. The Balaban J connectivity index is 1.20. The van der Waals surface area contributed by atoms with Crippen LogP contribution < -0.4 is 0 Å². The van der Waals surface area contributed by atoms with E-state index in [-0.39, 0.29) is 0 Å². The third kappa shape index (κ3) is 4.27. The van der Waals surface area contributed by atoms with E-state index in [1.54, 1.807) is 0 Å². The highest BCUT2D eigenvalue weighted by Gasteiger charge is 2.45. The van der Waals surface area contributed by atoms with Crippen LogP contribution in [0.1, 0.15) is 16.7 Å². The lowest BCUT2D eigenvalue weighted by molar-refractivity contribution is 0.798. The number of fused-ring (bicyclic) bond motifs is 11. The van der Waals surface area contributed by atoms with E-state index in [1.165, 1.54) is 60.3 Å². The fourth-order valence-electron chi connectivity index (χ4n) is 9.14. The summed E-state index contributed by atoms with van der Waals surface area (Å²) in [6.07, 6.45) is 0. The van der Waals surface area contributed by atoms with Crippen LogP contribution in [0, 0.1) is 0 Å². The Morgan fingerprint density at radius 2 is 0.891 bits per heavy atom. The number of hydrogen-bond donors (Lipinski definition) is 0. The van der Waals surface area contributed by atoms with Crippen LogP contribution in [0.2, 0.25) is 0 Å². The van der Waals surface area contributed by atoms with Crippen molar-refractivity contribution >= 4 is 66.4 Å². The van der Waals surface area contributed by atoms with Gasteiger partial charge in [-0.25, -0.2) is 4.98 Å². The van der Waals surface area contributed by atoms with Crippen molar-refractivity contribution < 1.29 is 0 Å². The highest BCUT2D eigenvalue weighted by atomic mass is 32.2. The molecular formula is C50H32N4S. The van der Waals surface area contributed by atoms with Crippen molar-refractivity contribution in [3.63, 3.8) is 0 Å². The zero-order chi connectivity index (χ0) is 36.1. The minimum atomic E-state index is -0.555. The Kier molecular flexibility index (Phi) is 6.45. The van der Waals surface area contributed by atoms with Crippen LogP contribution in [0.5, 0.6) is 0 Å². The molecule has 0 unspecified atom stereocenters. The summed E-state index contributed by atoms with van der Waals surface area (Å²) in [5, 5.41) is 5.94. The molecule has 11 aromatic rings. The summed E-state index contributed by atoms with van der Waals surface area (Å²) >= 11 is 1.84. The summed E-state index contributed by atoms with van der Waals surface area (Å²) in [6.45, 7) is 0. The van der Waals surface area contributed by atoms with E-state index < -0.39 is 4.75 Å². The molecule has 4 nitrogen and oxygen atoms in total. The normalized spacial score (nSPS) is 13.5. The van der Waals surface area contributed by atoms with E-state index >= 15 is 0 Å². The van der Waals surface area contributed by atoms with Gasteiger partial charge in [-0.2, -0.15) is 0 Å². The SMILES string of the molecule is c1ccc(-n2c3ccccc3c3cc4c(cc32)c2ccccc2n4-c2ccc3c(c2)C(c2ccccc2)(c2ccccc2)Sc2nc4ccccc4n2-3)cc1. The zero-order valence-electron chi connectivity index (χ0n) is 29.7. The number of hydrogen-bond acceptors (Lipinski definition) is 2. The van der Waals surface area contributed by atoms with Gasteiger partial charge in [-0.15, -0.1) is 0 Å². The molecule has 258 valence electrons. The second kappa shape index (κ2) is 11.6. The Morgan fingerprint density at radius 1 is 0.382 bits per heavy atom. The van der Waals surface area contributed by atoms with Crippen LogP contribution in [0.15, 0.2) is 199 Å². The van der Waals surface area contributed by atoms with Crippen molar-refractivity contribution in [1.82, 2.24) is 18.7 Å². The molecule has 0 saturated carbocycles. The molecule has 0 bridgehead atoms. The first kappa shape index (κ1) is 30.6. The second-order valence-electron chi connectivity index (χ2n) is 14.4. The molecule has 0 N–H and O–H groups in total. The topological polar surface area (TPSA) is 27.7 Å². The lowest BCUT2D eigenvalue weighted by Crippen LogP contribution is -2.31. The van der Waals surface area contributed by atoms with Crippen molar-refractivity contribution in [3.05, 3.63) is 211 Å². The van der Waals surface area contributed by atoms with Crippen molar-refractivity contribution in [2.45, 2.75) is 9.90 Å². The maximum Gasteiger partial charge on any atom is 0.175 e. The fourth-order valence-corrected chi connectivity index (χ4v) is 10.6. The van der Waals surface area contributed by atoms with Gasteiger partial charge in [0.05, 0.1) is 38.8 Å². The van der Waals surface area contributed by atoms with E-state index in [0.29, 0.717) is 0 Å². The molecule has 5 heteroatoms. The predicted molar refractivity (Wildman–Crippen MR) is 228 cm³/mol. The van der Waals surface area contributed by atoms with Crippen LogP contribution in [0.3, 0.4) is 0 Å². The van der Waals surface area contributed by atoms with Gasteiger partial charge < -0.3 is 9.13 Å². The molecule has 8 aromatic carbocycles. The van der Waals surface area contributed by atoms with E-state index in [4.69, 9.17) is 4.98 Å². The highest BCUT2D eigenvalue weighted by molar-refractivity contribution is 8.00. The zero-order valence-corrected chi connectivity index (χ0v) is 30.5. The first-order valence-electron chi connectivity index (χ1n) is 18.7. The predicted octanol–water partition coefficient (Wildman–Crippen LogP) is 12.6. The molecule has 0 radical (unpaired) electrons. The summed E-state index contributed by atoms with van der Waals surface area (Å²) in [5.41, 5.74) is 14.0. The Hall–Kier alpha value is -6.82. The molecule has 12 rings (SSSR count). The standard InChI is InChI=1S/C50H32N4S/c1-4-16-33(17-5-1)50(34-18-6-2-7-19-34)41-30-36(28-29-45(41)54-46-27-15-12-24-42(46)51-49(54)55-50)53-44-26-14-11-23-38(44)40-31-47-39(32-48(40)53)37-22-10-13-25-43(37)52(47)35-20-8-3-9-21-35/h1-32H. The maximum absolute atomic E-state index is 5.25. The van der Waals surface area contributed by atoms with Crippen LogP contribution in [0.4, 0.5) is 0 Å². The summed E-state index contributed by atoms with van der Waals surface area (Å²) in [6, 6.07) is 70.7. The molecule has 1 aliphatic rings. The average Bonchev–Trinajstić information content (AvgIpc) is 3.90. The van der Waals surface area contributed by atoms with E-state index in [2.05, 4.69) is 208 Å². The number of imidazole rings is 1. The lowest BCUT2D eigenvalue weighted by atomic mass is 9.82. The summed E-state index contributed by atoms with van der Waals surface area (Å²) in [4.78, 5) is 5.25. The molecule has 1 aliphatic heterocycles. The molecule has 0 spiro atoms. The molecule has 0 fully saturated rings. The summed E-state index contributed by atoms with van der Waals surface area (Å²) < 4.78 is 6.69. The first-order chi connectivity index (χ1) is 27.3. The molecule has 0 aliphatic carbocycles. The molecule has 0 atom stereocenters. The molecule has 0 amide bonds. The van der Waals surface area contributed by atoms with E-state index in [1.807, 2.05) is 11.8 Å². The van der Waals surface area contributed by atoms with Gasteiger partial charge in [0.2, 0.25) is 0 Å². The van der Waals surface area contributed by atoms with Crippen LogP contribution in [0.25, 0.3) is 71.7 Å². The fraction of sp³-hybridized carbons (Fsp3) is 0.0200. The molecule has 55 heavy (non-hydrogen) atoms. The van der Waals surface area contributed by atoms with Gasteiger partial charge in [-0.3, -0.25) is 4.57 Å². The number of para-hydroxylation sites is 5. The number of rotatable bonds is 4. The van der Waals surface area contributed by atoms with Gasteiger partial charge in [0.15, 0.2) is 5.16 Å². The smallest absolute Gasteiger partial charge is 0.175 e. The largest absolute Gasteiger partial charge is 0.309 e. The molecule has 4 heterocycles. The van der Waals surface area contributed by atoms with Crippen molar-refractivity contribution in [1.29, 1.82) is 0 Å². The summed E-state index contributed by atoms with van der Waals surface area (Å²) in [7, 11) is 0. The first-order valence-corrected chi connectivity index (χ1v) is 19.5. The minimum Gasteiger partial charge on any atom is -0.309 e. The van der Waals surface area contributed by atoms with Crippen molar-refractivity contribution in [2.24, 2.45) is 0 Å². The van der Waals surface area contributed by atoms with E-state index in [0.717, 1.165) is 33.3 Å². The van der Waals surface area contributed by atoms with Crippen LogP contribution in [-0.2, 0) is 4.75 Å². The van der Waals surface area contributed by atoms with Crippen molar-refractivity contribution in [3.8, 4) is 17.1 Å². The molecule has 3 aromatic heterocycles. The Labute approximate surface area is 321 Å². The van der Waals surface area contributed by atoms with Gasteiger partial charge in [0, 0.05) is 38.5 Å². The summed E-state index contributed by atoms with van der Waals surface area (Å²) in [5.74, 6) is 0. The second-order valence-corrected chi connectivity index (χ2v) is 15.5. The van der Waals surface area contributed by atoms with Gasteiger partial charge >= 0.3 is 0 Å². The Bertz CT molecular complexity index is 3240. The number of aromatic nitrogens is 4. The third-order valence-electron chi connectivity index (χ3n) is 11.5. The van der Waals surface area contributed by atoms with Gasteiger partial charge in [-0.05, 0) is 77.9 Å². The lowest BCUT2D eigenvalue weighted by Gasteiger charge is -2.40. The van der Waals surface area contributed by atoms with E-state index in [9.17, 15) is 0 Å². The van der Waals surface area contributed by atoms with Crippen LogP contribution in [-0.4, -0.2) is 18.7 Å². The van der Waals surface area contributed by atoms with Crippen LogP contribution >= 0.6 is 11.8 Å². The molecular weight excluding hydrogens is 689 g/mol. The quantitative estimate of drug-likeness (QED) is 0.181. The van der Waals surface area contributed by atoms with Gasteiger partial charge in [-0.1, -0.05) is 139 Å². The number of nitrogens with zero attached hydrogens (tertiary/aromatic N) is 4. The van der Waals surface area contributed by atoms with Gasteiger partial charge in [0.1, 0.15) is 4.75 Å².